The van der Waals surface area contributed by atoms with E-state index < -0.39 is 5.97 Å². The normalized spacial score (nSPS) is 17.0. The maximum absolute atomic E-state index is 10.9. The van der Waals surface area contributed by atoms with E-state index in [0.717, 1.165) is 5.69 Å². The molecule has 1 aromatic rings. The van der Waals surface area contributed by atoms with Gasteiger partial charge >= 0.3 is 5.97 Å². The average molecular weight is 296 g/mol. The summed E-state index contributed by atoms with van der Waals surface area (Å²) in [5, 5.41) is 12.3. The highest BCUT2D eigenvalue weighted by Crippen LogP contribution is 2.34. The molecule has 1 fully saturated rings. The minimum atomic E-state index is -0.776. The van der Waals surface area contributed by atoms with E-state index >= 15 is 0 Å². The number of hydrogen-bond donors (Lipinski definition) is 1. The van der Waals surface area contributed by atoms with Crippen molar-refractivity contribution in [2.75, 3.05) is 6.54 Å². The van der Waals surface area contributed by atoms with E-state index in [1.54, 1.807) is 11.3 Å². The largest absolute Gasteiger partial charge is 0.480 e. The molecule has 4 nitrogen and oxygen atoms in total. The summed E-state index contributed by atoms with van der Waals surface area (Å²) in [5.74, 6) is -0.143. The Morgan fingerprint density at radius 2 is 2.15 bits per heavy atom. The standard InChI is InChI=1S/C15H24N2O2S/c1-11(2)17(9-14(18)19)8-13-10-20-15(16-13)12-6-4-3-5-7-12/h10-12H,3-9H2,1-2H3,(H,18,19). The molecule has 2 rings (SSSR count). The first-order valence-corrected chi connectivity index (χ1v) is 8.34. The highest BCUT2D eigenvalue weighted by Gasteiger charge is 2.20. The first-order chi connectivity index (χ1) is 9.56. The van der Waals surface area contributed by atoms with Crippen LogP contribution in [-0.2, 0) is 11.3 Å². The van der Waals surface area contributed by atoms with Crippen LogP contribution in [0.25, 0.3) is 0 Å². The van der Waals surface area contributed by atoms with Gasteiger partial charge in [-0.25, -0.2) is 4.98 Å². The van der Waals surface area contributed by atoms with Crippen LogP contribution in [0.15, 0.2) is 5.38 Å². The minimum Gasteiger partial charge on any atom is -0.480 e. The van der Waals surface area contributed by atoms with Gasteiger partial charge in [-0.3, -0.25) is 9.69 Å². The molecule has 0 atom stereocenters. The van der Waals surface area contributed by atoms with Gasteiger partial charge in [0.1, 0.15) is 0 Å². The summed E-state index contributed by atoms with van der Waals surface area (Å²) in [6.45, 7) is 4.76. The van der Waals surface area contributed by atoms with E-state index in [1.165, 1.54) is 37.1 Å². The third-order valence-corrected chi connectivity index (χ3v) is 5.01. The number of rotatable bonds is 6. The fourth-order valence-electron chi connectivity index (χ4n) is 2.74. The predicted molar refractivity (Wildman–Crippen MR) is 81.1 cm³/mol. The Morgan fingerprint density at radius 1 is 1.45 bits per heavy atom. The zero-order valence-corrected chi connectivity index (χ0v) is 13.2. The third-order valence-electron chi connectivity index (χ3n) is 3.96. The van der Waals surface area contributed by atoms with Crippen molar-refractivity contribution in [3.8, 4) is 0 Å². The Balaban J connectivity index is 1.98. The molecule has 1 heterocycles. The van der Waals surface area contributed by atoms with E-state index in [9.17, 15) is 4.79 Å². The van der Waals surface area contributed by atoms with Gasteiger partial charge in [-0.05, 0) is 26.7 Å². The molecule has 5 heteroatoms. The molecule has 0 aliphatic heterocycles. The maximum atomic E-state index is 10.9. The summed E-state index contributed by atoms with van der Waals surface area (Å²) < 4.78 is 0. The van der Waals surface area contributed by atoms with E-state index in [4.69, 9.17) is 10.1 Å². The van der Waals surface area contributed by atoms with Crippen LogP contribution in [0.4, 0.5) is 0 Å². The number of hydrogen-bond acceptors (Lipinski definition) is 4. The molecule has 0 radical (unpaired) electrons. The molecule has 1 N–H and O–H groups in total. The van der Waals surface area contributed by atoms with Gasteiger partial charge in [-0.1, -0.05) is 19.3 Å². The van der Waals surface area contributed by atoms with Crippen LogP contribution < -0.4 is 0 Å². The highest BCUT2D eigenvalue weighted by atomic mass is 32.1. The molecule has 1 aliphatic carbocycles. The molecular formula is C15H24N2O2S. The molecule has 0 bridgehead atoms. The van der Waals surface area contributed by atoms with Gasteiger partial charge in [0.05, 0.1) is 17.2 Å². The first kappa shape index (κ1) is 15.4. The van der Waals surface area contributed by atoms with Gasteiger partial charge in [-0.15, -0.1) is 11.3 Å². The van der Waals surface area contributed by atoms with Gasteiger partial charge < -0.3 is 5.11 Å². The number of aromatic nitrogens is 1. The first-order valence-electron chi connectivity index (χ1n) is 7.46. The Bertz CT molecular complexity index is 439. The summed E-state index contributed by atoms with van der Waals surface area (Å²) in [5.41, 5.74) is 1.02. The number of carbonyl (C=O) groups is 1. The van der Waals surface area contributed by atoms with Gasteiger partial charge in [-0.2, -0.15) is 0 Å². The van der Waals surface area contributed by atoms with Crippen molar-refractivity contribution >= 4 is 17.3 Å². The van der Waals surface area contributed by atoms with Crippen LogP contribution in [0.1, 0.15) is 62.6 Å². The maximum Gasteiger partial charge on any atom is 0.317 e. The van der Waals surface area contributed by atoms with E-state index in [2.05, 4.69) is 5.38 Å². The van der Waals surface area contributed by atoms with Crippen LogP contribution in [0.3, 0.4) is 0 Å². The Kier molecular flexibility index (Phi) is 5.54. The lowest BCUT2D eigenvalue weighted by molar-refractivity contribution is -0.138. The molecule has 0 unspecified atom stereocenters. The second kappa shape index (κ2) is 7.18. The molecule has 0 amide bonds. The van der Waals surface area contributed by atoms with Gasteiger partial charge in [0.2, 0.25) is 0 Å². The number of aliphatic carboxylic acids is 1. The lowest BCUT2D eigenvalue weighted by atomic mass is 9.90. The van der Waals surface area contributed by atoms with Gasteiger partial charge in [0.25, 0.3) is 0 Å². The molecule has 1 saturated carbocycles. The van der Waals surface area contributed by atoms with E-state index in [-0.39, 0.29) is 12.6 Å². The van der Waals surface area contributed by atoms with Crippen LogP contribution in [0.2, 0.25) is 0 Å². The van der Waals surface area contributed by atoms with Crippen molar-refractivity contribution < 1.29 is 9.90 Å². The van der Waals surface area contributed by atoms with E-state index in [1.807, 2.05) is 18.7 Å². The van der Waals surface area contributed by atoms with Crippen LogP contribution in [0.5, 0.6) is 0 Å². The molecule has 1 aromatic heterocycles. The quantitative estimate of drug-likeness (QED) is 0.873. The monoisotopic (exact) mass is 296 g/mol. The Morgan fingerprint density at radius 3 is 2.75 bits per heavy atom. The van der Waals surface area contributed by atoms with Crippen molar-refractivity contribution in [1.29, 1.82) is 0 Å². The lowest BCUT2D eigenvalue weighted by Crippen LogP contribution is -2.35. The molecule has 0 saturated heterocycles. The Hall–Kier alpha value is -0.940. The van der Waals surface area contributed by atoms with E-state index in [0.29, 0.717) is 12.5 Å². The smallest absolute Gasteiger partial charge is 0.317 e. The van der Waals surface area contributed by atoms with Crippen LogP contribution in [-0.4, -0.2) is 33.5 Å². The molecule has 112 valence electrons. The molecule has 20 heavy (non-hydrogen) atoms. The fourth-order valence-corrected chi connectivity index (χ4v) is 3.72. The van der Waals surface area contributed by atoms with Crippen LogP contribution >= 0.6 is 11.3 Å². The average Bonchev–Trinajstić information content (AvgIpc) is 2.87. The molecule has 0 spiro atoms. The van der Waals surface area contributed by atoms with Crippen molar-refractivity contribution in [3.63, 3.8) is 0 Å². The predicted octanol–water partition coefficient (Wildman–Crippen LogP) is 3.49. The number of thiazole rings is 1. The molecule has 1 aliphatic rings. The van der Waals surface area contributed by atoms with Gasteiger partial charge in [0.15, 0.2) is 0 Å². The van der Waals surface area contributed by atoms with Crippen LogP contribution in [0, 0.1) is 0 Å². The topological polar surface area (TPSA) is 53.4 Å². The summed E-state index contributed by atoms with van der Waals surface area (Å²) in [6.07, 6.45) is 6.51. The van der Waals surface area contributed by atoms with Crippen molar-refractivity contribution in [2.24, 2.45) is 0 Å². The van der Waals surface area contributed by atoms with Gasteiger partial charge in [0, 0.05) is 23.9 Å². The molecule has 0 aromatic carbocycles. The summed E-state index contributed by atoms with van der Waals surface area (Å²) in [4.78, 5) is 17.6. The highest BCUT2D eigenvalue weighted by molar-refractivity contribution is 7.09. The summed E-state index contributed by atoms with van der Waals surface area (Å²) in [7, 11) is 0. The second-order valence-electron chi connectivity index (χ2n) is 5.90. The Labute approximate surface area is 124 Å². The van der Waals surface area contributed by atoms with Crippen molar-refractivity contribution in [3.05, 3.63) is 16.1 Å². The second-order valence-corrected chi connectivity index (χ2v) is 6.79. The summed E-state index contributed by atoms with van der Waals surface area (Å²) >= 11 is 1.74. The zero-order valence-electron chi connectivity index (χ0n) is 12.3. The lowest BCUT2D eigenvalue weighted by Gasteiger charge is -2.23. The van der Waals surface area contributed by atoms with Crippen molar-refractivity contribution in [2.45, 2.75) is 64.5 Å². The number of nitrogens with zero attached hydrogens (tertiary/aromatic N) is 2. The fraction of sp³-hybridized carbons (Fsp3) is 0.733. The minimum absolute atomic E-state index is 0.0773. The third kappa shape index (κ3) is 4.28. The SMILES string of the molecule is CC(C)N(CC(=O)O)Cc1csc(C2CCCCC2)n1. The number of carboxylic acids is 1. The number of carboxylic acid groups (broad SMARTS) is 1. The van der Waals surface area contributed by atoms with Crippen molar-refractivity contribution in [1.82, 2.24) is 9.88 Å². The molecular weight excluding hydrogens is 272 g/mol. The summed E-state index contributed by atoms with van der Waals surface area (Å²) in [6, 6.07) is 0.214. The zero-order chi connectivity index (χ0) is 14.5.